The standard InChI is InChI=1S/C19H19N5O2S/c1-11-5-7-14(8-6-11)18-22-21-17(26-18)13(3)27-19-23-20-16(24(19)4)15-9-10-25-12(15)2/h5-10,13H,1-4H3/t13-/m1/s1. The maximum absolute atomic E-state index is 5.87. The van der Waals surface area contributed by atoms with Gasteiger partial charge in [-0.15, -0.1) is 20.4 Å². The summed E-state index contributed by atoms with van der Waals surface area (Å²) in [4.78, 5) is 0. The minimum absolute atomic E-state index is 0.0575. The second-order valence-electron chi connectivity index (χ2n) is 6.33. The van der Waals surface area contributed by atoms with Gasteiger partial charge in [0.05, 0.1) is 17.1 Å². The van der Waals surface area contributed by atoms with Gasteiger partial charge in [-0.3, -0.25) is 0 Å². The van der Waals surface area contributed by atoms with Crippen molar-refractivity contribution in [2.45, 2.75) is 31.2 Å². The number of aromatic nitrogens is 5. The molecule has 0 aliphatic rings. The van der Waals surface area contributed by atoms with Crippen LogP contribution in [0.2, 0.25) is 0 Å². The number of nitrogens with zero attached hydrogens (tertiary/aromatic N) is 5. The lowest BCUT2D eigenvalue weighted by molar-refractivity contribution is 0.508. The van der Waals surface area contributed by atoms with Crippen molar-refractivity contribution in [3.8, 4) is 22.8 Å². The van der Waals surface area contributed by atoms with Crippen LogP contribution in [0.3, 0.4) is 0 Å². The molecule has 0 fully saturated rings. The lowest BCUT2D eigenvalue weighted by Crippen LogP contribution is -1.97. The predicted octanol–water partition coefficient (Wildman–Crippen LogP) is 4.60. The molecule has 1 atom stereocenters. The topological polar surface area (TPSA) is 82.8 Å². The van der Waals surface area contributed by atoms with Crippen LogP contribution in [0, 0.1) is 13.8 Å². The molecular weight excluding hydrogens is 362 g/mol. The van der Waals surface area contributed by atoms with Crippen molar-refractivity contribution in [2.24, 2.45) is 7.05 Å². The van der Waals surface area contributed by atoms with Crippen LogP contribution >= 0.6 is 11.8 Å². The van der Waals surface area contributed by atoms with E-state index in [1.165, 1.54) is 17.3 Å². The fraction of sp³-hybridized carbons (Fsp3) is 0.263. The maximum atomic E-state index is 5.87. The van der Waals surface area contributed by atoms with E-state index in [2.05, 4.69) is 20.4 Å². The highest BCUT2D eigenvalue weighted by Gasteiger charge is 2.21. The predicted molar refractivity (Wildman–Crippen MR) is 102 cm³/mol. The van der Waals surface area contributed by atoms with E-state index in [0.717, 1.165) is 27.9 Å². The Balaban J connectivity index is 1.53. The van der Waals surface area contributed by atoms with E-state index in [0.29, 0.717) is 11.8 Å². The van der Waals surface area contributed by atoms with Crippen molar-refractivity contribution in [1.29, 1.82) is 0 Å². The second kappa shape index (κ2) is 7.03. The molecule has 4 aromatic rings. The summed E-state index contributed by atoms with van der Waals surface area (Å²) in [5.74, 6) is 2.65. The zero-order chi connectivity index (χ0) is 19.0. The van der Waals surface area contributed by atoms with Crippen molar-refractivity contribution in [3.05, 3.63) is 53.8 Å². The van der Waals surface area contributed by atoms with Gasteiger partial charge in [-0.25, -0.2) is 0 Å². The molecule has 0 bridgehead atoms. The lowest BCUT2D eigenvalue weighted by Gasteiger charge is -2.06. The van der Waals surface area contributed by atoms with E-state index in [1.807, 2.05) is 62.7 Å². The first kappa shape index (κ1) is 17.5. The highest BCUT2D eigenvalue weighted by Crippen LogP contribution is 2.35. The molecule has 0 saturated carbocycles. The smallest absolute Gasteiger partial charge is 0.247 e. The molecule has 0 saturated heterocycles. The number of rotatable bonds is 5. The van der Waals surface area contributed by atoms with Gasteiger partial charge in [0, 0.05) is 12.6 Å². The van der Waals surface area contributed by atoms with Crippen LogP contribution < -0.4 is 0 Å². The third kappa shape index (κ3) is 3.40. The van der Waals surface area contributed by atoms with Gasteiger partial charge >= 0.3 is 0 Å². The van der Waals surface area contributed by atoms with Crippen LogP contribution in [0.5, 0.6) is 0 Å². The summed E-state index contributed by atoms with van der Waals surface area (Å²) in [6, 6.07) is 9.90. The Labute approximate surface area is 160 Å². The fourth-order valence-electron chi connectivity index (χ4n) is 2.69. The van der Waals surface area contributed by atoms with Gasteiger partial charge in [0.1, 0.15) is 5.76 Å². The van der Waals surface area contributed by atoms with Crippen LogP contribution in [0.25, 0.3) is 22.8 Å². The third-order valence-corrected chi connectivity index (χ3v) is 5.43. The maximum Gasteiger partial charge on any atom is 0.247 e. The van der Waals surface area contributed by atoms with E-state index < -0.39 is 0 Å². The Kier molecular flexibility index (Phi) is 4.57. The summed E-state index contributed by atoms with van der Waals surface area (Å²) in [6.45, 7) is 5.96. The number of hydrogen-bond donors (Lipinski definition) is 0. The summed E-state index contributed by atoms with van der Waals surface area (Å²) in [5.41, 5.74) is 3.03. The van der Waals surface area contributed by atoms with Crippen molar-refractivity contribution < 1.29 is 8.83 Å². The minimum atomic E-state index is -0.0575. The van der Waals surface area contributed by atoms with E-state index in [4.69, 9.17) is 8.83 Å². The SMILES string of the molecule is Cc1ccc(-c2nnc([C@@H](C)Sc3nnc(-c4ccoc4C)n3C)o2)cc1. The van der Waals surface area contributed by atoms with Gasteiger partial charge in [0.25, 0.3) is 0 Å². The molecule has 138 valence electrons. The summed E-state index contributed by atoms with van der Waals surface area (Å²) in [6.07, 6.45) is 1.65. The average molecular weight is 381 g/mol. The highest BCUT2D eigenvalue weighted by molar-refractivity contribution is 7.99. The largest absolute Gasteiger partial charge is 0.469 e. The van der Waals surface area contributed by atoms with Gasteiger partial charge in [-0.1, -0.05) is 29.5 Å². The molecule has 7 nitrogen and oxygen atoms in total. The Hall–Kier alpha value is -2.87. The number of furan rings is 1. The molecule has 0 spiro atoms. The molecule has 0 unspecified atom stereocenters. The molecule has 0 radical (unpaired) electrons. The second-order valence-corrected chi connectivity index (χ2v) is 7.64. The summed E-state index contributed by atoms with van der Waals surface area (Å²) in [5, 5.41) is 17.7. The van der Waals surface area contributed by atoms with Crippen LogP contribution in [-0.2, 0) is 7.05 Å². The van der Waals surface area contributed by atoms with Crippen molar-refractivity contribution in [1.82, 2.24) is 25.0 Å². The first-order valence-electron chi connectivity index (χ1n) is 8.54. The molecule has 3 aromatic heterocycles. The number of aryl methyl sites for hydroxylation is 2. The third-order valence-electron chi connectivity index (χ3n) is 4.30. The quantitative estimate of drug-likeness (QED) is 0.467. The minimum Gasteiger partial charge on any atom is -0.469 e. The van der Waals surface area contributed by atoms with Gasteiger partial charge < -0.3 is 13.4 Å². The van der Waals surface area contributed by atoms with Crippen LogP contribution in [0.1, 0.15) is 29.4 Å². The number of hydrogen-bond acceptors (Lipinski definition) is 7. The summed E-state index contributed by atoms with van der Waals surface area (Å²) >= 11 is 1.52. The van der Waals surface area contributed by atoms with E-state index in [-0.39, 0.29) is 5.25 Å². The Bertz CT molecular complexity index is 1060. The van der Waals surface area contributed by atoms with E-state index in [9.17, 15) is 0 Å². The summed E-state index contributed by atoms with van der Waals surface area (Å²) in [7, 11) is 1.93. The highest BCUT2D eigenvalue weighted by atomic mass is 32.2. The van der Waals surface area contributed by atoms with Crippen molar-refractivity contribution in [2.75, 3.05) is 0 Å². The number of benzene rings is 1. The summed E-state index contributed by atoms with van der Waals surface area (Å²) < 4.78 is 13.2. The van der Waals surface area contributed by atoms with Gasteiger partial charge in [0.2, 0.25) is 11.8 Å². The van der Waals surface area contributed by atoms with Crippen molar-refractivity contribution in [3.63, 3.8) is 0 Å². The van der Waals surface area contributed by atoms with Crippen LogP contribution in [-0.4, -0.2) is 25.0 Å². The molecule has 3 heterocycles. The molecule has 4 rings (SSSR count). The van der Waals surface area contributed by atoms with Crippen LogP contribution in [0.15, 0.2) is 50.6 Å². The van der Waals surface area contributed by atoms with Gasteiger partial charge in [-0.2, -0.15) is 0 Å². The van der Waals surface area contributed by atoms with Gasteiger partial charge in [0.15, 0.2) is 11.0 Å². The first-order valence-corrected chi connectivity index (χ1v) is 9.42. The molecule has 0 N–H and O–H groups in total. The van der Waals surface area contributed by atoms with Crippen molar-refractivity contribution >= 4 is 11.8 Å². The van der Waals surface area contributed by atoms with E-state index >= 15 is 0 Å². The molecule has 0 aliphatic heterocycles. The Morgan fingerprint density at radius 2 is 1.78 bits per heavy atom. The number of thioether (sulfide) groups is 1. The Morgan fingerprint density at radius 3 is 2.48 bits per heavy atom. The molecule has 27 heavy (non-hydrogen) atoms. The normalized spacial score (nSPS) is 12.4. The molecule has 8 heteroatoms. The van der Waals surface area contributed by atoms with Gasteiger partial charge in [-0.05, 0) is 39.0 Å². The Morgan fingerprint density at radius 1 is 1.00 bits per heavy atom. The fourth-order valence-corrected chi connectivity index (χ4v) is 3.53. The van der Waals surface area contributed by atoms with E-state index in [1.54, 1.807) is 6.26 Å². The zero-order valence-electron chi connectivity index (χ0n) is 15.5. The zero-order valence-corrected chi connectivity index (χ0v) is 16.3. The van der Waals surface area contributed by atoms with Crippen LogP contribution in [0.4, 0.5) is 0 Å². The molecular formula is C19H19N5O2S. The molecule has 0 aliphatic carbocycles. The molecule has 1 aromatic carbocycles. The lowest BCUT2D eigenvalue weighted by atomic mass is 10.1. The first-order chi connectivity index (χ1) is 13.0. The average Bonchev–Trinajstić information content (AvgIpc) is 3.37. The monoisotopic (exact) mass is 381 g/mol. The molecule has 0 amide bonds.